The molecule has 1 aliphatic heterocycles. The van der Waals surface area contributed by atoms with E-state index in [0.717, 1.165) is 19.6 Å². The van der Waals surface area contributed by atoms with Crippen molar-refractivity contribution in [3.8, 4) is 0 Å². The summed E-state index contributed by atoms with van der Waals surface area (Å²) in [5, 5.41) is 12.6. The van der Waals surface area contributed by atoms with Crippen molar-refractivity contribution in [2.24, 2.45) is 0 Å². The molecular weight excluding hydrogens is 128 g/mol. The van der Waals surface area contributed by atoms with Crippen molar-refractivity contribution in [2.75, 3.05) is 26.7 Å². The standard InChI is InChI=1S/C7H16N2O/c1-3-8-6-4-9(2)5-7(6)10/h6-8,10H,3-5H2,1-2H3. The molecule has 0 aromatic rings. The zero-order chi connectivity index (χ0) is 7.56. The van der Waals surface area contributed by atoms with Crippen molar-refractivity contribution < 1.29 is 5.11 Å². The number of nitrogens with zero attached hydrogens (tertiary/aromatic N) is 1. The van der Waals surface area contributed by atoms with Gasteiger partial charge in [-0.05, 0) is 13.6 Å². The van der Waals surface area contributed by atoms with E-state index in [2.05, 4.69) is 17.1 Å². The number of rotatable bonds is 2. The van der Waals surface area contributed by atoms with Crippen LogP contribution < -0.4 is 5.32 Å². The van der Waals surface area contributed by atoms with Crippen LogP contribution >= 0.6 is 0 Å². The highest BCUT2D eigenvalue weighted by molar-refractivity contribution is 4.86. The molecule has 0 bridgehead atoms. The molecule has 2 unspecified atom stereocenters. The van der Waals surface area contributed by atoms with Gasteiger partial charge in [0.15, 0.2) is 0 Å². The fourth-order valence-corrected chi connectivity index (χ4v) is 1.44. The van der Waals surface area contributed by atoms with Crippen molar-refractivity contribution in [1.29, 1.82) is 0 Å². The molecule has 3 nitrogen and oxygen atoms in total. The van der Waals surface area contributed by atoms with Crippen LogP contribution in [0, 0.1) is 0 Å². The summed E-state index contributed by atoms with van der Waals surface area (Å²) in [6.07, 6.45) is -0.176. The number of hydrogen-bond acceptors (Lipinski definition) is 3. The number of β-amino-alcohol motifs (C(OH)–C–C–N with tert-alkyl or cyclic N) is 1. The van der Waals surface area contributed by atoms with Crippen LogP contribution in [-0.4, -0.2) is 48.8 Å². The van der Waals surface area contributed by atoms with Crippen LogP contribution in [0.15, 0.2) is 0 Å². The Morgan fingerprint density at radius 1 is 1.60 bits per heavy atom. The highest BCUT2D eigenvalue weighted by Crippen LogP contribution is 2.06. The second kappa shape index (κ2) is 3.32. The largest absolute Gasteiger partial charge is 0.390 e. The zero-order valence-electron chi connectivity index (χ0n) is 6.67. The van der Waals surface area contributed by atoms with Crippen LogP contribution in [0.25, 0.3) is 0 Å². The van der Waals surface area contributed by atoms with Gasteiger partial charge in [0.05, 0.1) is 6.10 Å². The van der Waals surface area contributed by atoms with E-state index < -0.39 is 0 Å². The molecule has 1 fully saturated rings. The molecule has 0 amide bonds. The summed E-state index contributed by atoms with van der Waals surface area (Å²) < 4.78 is 0. The molecule has 1 heterocycles. The molecule has 2 N–H and O–H groups in total. The predicted octanol–water partition coefficient (Wildman–Crippen LogP) is -0.729. The van der Waals surface area contributed by atoms with Crippen LogP contribution in [0.2, 0.25) is 0 Å². The van der Waals surface area contributed by atoms with Crippen molar-refractivity contribution in [2.45, 2.75) is 19.1 Å². The second-order valence-corrected chi connectivity index (χ2v) is 2.95. The predicted molar refractivity (Wildman–Crippen MR) is 41.0 cm³/mol. The van der Waals surface area contributed by atoms with E-state index in [1.54, 1.807) is 0 Å². The summed E-state index contributed by atoms with van der Waals surface area (Å²) in [7, 11) is 2.03. The molecule has 0 saturated carbocycles. The van der Waals surface area contributed by atoms with Crippen molar-refractivity contribution >= 4 is 0 Å². The van der Waals surface area contributed by atoms with Gasteiger partial charge in [0.25, 0.3) is 0 Å². The first kappa shape index (κ1) is 7.98. The van der Waals surface area contributed by atoms with Crippen molar-refractivity contribution in [3.05, 3.63) is 0 Å². The molecule has 1 rings (SSSR count). The molecular formula is C7H16N2O. The van der Waals surface area contributed by atoms with Crippen LogP contribution in [0.1, 0.15) is 6.92 Å². The number of likely N-dealkylation sites (tertiary alicyclic amines) is 1. The summed E-state index contributed by atoms with van der Waals surface area (Å²) in [6.45, 7) is 4.77. The Labute approximate surface area is 62.0 Å². The number of likely N-dealkylation sites (N-methyl/N-ethyl adjacent to an activating group) is 2. The van der Waals surface area contributed by atoms with Crippen molar-refractivity contribution in [3.63, 3.8) is 0 Å². The van der Waals surface area contributed by atoms with Gasteiger partial charge >= 0.3 is 0 Å². The second-order valence-electron chi connectivity index (χ2n) is 2.95. The summed E-state index contributed by atoms with van der Waals surface area (Å²) >= 11 is 0. The summed E-state index contributed by atoms with van der Waals surface area (Å²) in [5.74, 6) is 0. The Balaban J connectivity index is 2.31. The smallest absolute Gasteiger partial charge is 0.0832 e. The monoisotopic (exact) mass is 144 g/mol. The van der Waals surface area contributed by atoms with Gasteiger partial charge in [-0.15, -0.1) is 0 Å². The van der Waals surface area contributed by atoms with E-state index in [9.17, 15) is 5.11 Å². The maximum atomic E-state index is 9.39. The SMILES string of the molecule is CCNC1CN(C)CC1O. The highest BCUT2D eigenvalue weighted by Gasteiger charge is 2.27. The van der Waals surface area contributed by atoms with Crippen LogP contribution in [0.5, 0.6) is 0 Å². The zero-order valence-corrected chi connectivity index (χ0v) is 6.67. The Morgan fingerprint density at radius 3 is 2.70 bits per heavy atom. The van der Waals surface area contributed by atoms with E-state index >= 15 is 0 Å². The Morgan fingerprint density at radius 2 is 2.30 bits per heavy atom. The third-order valence-electron chi connectivity index (χ3n) is 1.94. The maximum Gasteiger partial charge on any atom is 0.0832 e. The third kappa shape index (κ3) is 1.68. The summed E-state index contributed by atoms with van der Waals surface area (Å²) in [4.78, 5) is 2.14. The van der Waals surface area contributed by atoms with Crippen LogP contribution in [0.3, 0.4) is 0 Å². The average molecular weight is 144 g/mol. The quantitative estimate of drug-likeness (QED) is 0.536. The molecule has 1 aliphatic rings. The van der Waals surface area contributed by atoms with Crippen LogP contribution in [0.4, 0.5) is 0 Å². The molecule has 2 atom stereocenters. The van der Waals surface area contributed by atoms with Crippen molar-refractivity contribution in [1.82, 2.24) is 10.2 Å². The minimum absolute atomic E-state index is 0.176. The summed E-state index contributed by atoms with van der Waals surface area (Å²) in [6, 6.07) is 0.287. The number of nitrogens with one attached hydrogen (secondary N) is 1. The fraction of sp³-hybridized carbons (Fsp3) is 1.00. The van der Waals surface area contributed by atoms with E-state index in [-0.39, 0.29) is 12.1 Å². The molecule has 1 saturated heterocycles. The molecule has 0 aliphatic carbocycles. The molecule has 0 radical (unpaired) electrons. The lowest BCUT2D eigenvalue weighted by molar-refractivity contribution is 0.158. The van der Waals surface area contributed by atoms with E-state index in [1.165, 1.54) is 0 Å². The van der Waals surface area contributed by atoms with E-state index in [4.69, 9.17) is 0 Å². The molecule has 0 aromatic carbocycles. The number of aliphatic hydroxyl groups is 1. The minimum atomic E-state index is -0.176. The van der Waals surface area contributed by atoms with Gasteiger partial charge in [-0.25, -0.2) is 0 Å². The molecule has 10 heavy (non-hydrogen) atoms. The topological polar surface area (TPSA) is 35.5 Å². The Bertz CT molecular complexity index is 108. The normalized spacial score (nSPS) is 35.1. The molecule has 60 valence electrons. The lowest BCUT2D eigenvalue weighted by Crippen LogP contribution is -2.38. The number of aliphatic hydroxyl groups excluding tert-OH is 1. The summed E-state index contributed by atoms with van der Waals surface area (Å²) in [5.41, 5.74) is 0. The lowest BCUT2D eigenvalue weighted by Gasteiger charge is -2.13. The van der Waals surface area contributed by atoms with Gasteiger partial charge in [0.1, 0.15) is 0 Å². The van der Waals surface area contributed by atoms with Gasteiger partial charge < -0.3 is 15.3 Å². The first-order valence-electron chi connectivity index (χ1n) is 3.84. The molecule has 0 aromatic heterocycles. The van der Waals surface area contributed by atoms with Gasteiger partial charge in [-0.3, -0.25) is 0 Å². The average Bonchev–Trinajstić information content (AvgIpc) is 2.13. The van der Waals surface area contributed by atoms with E-state index in [0.29, 0.717) is 0 Å². The molecule has 3 heteroatoms. The first-order valence-corrected chi connectivity index (χ1v) is 3.84. The maximum absolute atomic E-state index is 9.39. The van der Waals surface area contributed by atoms with Gasteiger partial charge in [0.2, 0.25) is 0 Å². The molecule has 0 spiro atoms. The number of hydrogen-bond donors (Lipinski definition) is 2. The fourth-order valence-electron chi connectivity index (χ4n) is 1.44. The highest BCUT2D eigenvalue weighted by atomic mass is 16.3. The van der Waals surface area contributed by atoms with Gasteiger partial charge in [-0.2, -0.15) is 0 Å². The Hall–Kier alpha value is -0.120. The third-order valence-corrected chi connectivity index (χ3v) is 1.94. The lowest BCUT2D eigenvalue weighted by atomic mass is 10.2. The van der Waals surface area contributed by atoms with Gasteiger partial charge in [-0.1, -0.05) is 6.92 Å². The van der Waals surface area contributed by atoms with Gasteiger partial charge in [0, 0.05) is 19.1 Å². The van der Waals surface area contributed by atoms with Crippen LogP contribution in [-0.2, 0) is 0 Å². The van der Waals surface area contributed by atoms with E-state index in [1.807, 2.05) is 7.05 Å². The minimum Gasteiger partial charge on any atom is -0.390 e. The Kier molecular flexibility index (Phi) is 2.65. The first-order chi connectivity index (χ1) is 4.74.